The Kier molecular flexibility index (Phi) is 9.24. The monoisotopic (exact) mass is 229 g/mol. The van der Waals surface area contributed by atoms with Gasteiger partial charge >= 0.3 is 0 Å². The number of carbonyl (C=O) groups excluding carboxylic acids is 1. The fourth-order valence-corrected chi connectivity index (χ4v) is 1.66. The number of nitrogens with one attached hydrogen (secondary N) is 2. The molecule has 1 amide bonds. The van der Waals surface area contributed by atoms with Gasteiger partial charge < -0.3 is 0 Å². The zero-order valence-electron chi connectivity index (χ0n) is 11.2. The van der Waals surface area contributed by atoms with Crippen LogP contribution in [0, 0.1) is 5.92 Å². The number of rotatable bonds is 9. The molecule has 0 aliphatic heterocycles. The molecule has 1 atom stereocenters. The Balaban J connectivity index is 4.29. The van der Waals surface area contributed by atoms with Gasteiger partial charge in [0.15, 0.2) is 0 Å². The maximum atomic E-state index is 12.2. The fraction of sp³-hybridized carbons (Fsp3) is 0.917. The summed E-state index contributed by atoms with van der Waals surface area (Å²) in [6.45, 7) is 9.72. The van der Waals surface area contributed by atoms with Gasteiger partial charge in [-0.3, -0.25) is 4.79 Å². The van der Waals surface area contributed by atoms with Crippen LogP contribution in [0.2, 0.25) is 0 Å². The zero-order chi connectivity index (χ0) is 12.4. The molecule has 2 N–H and O–H groups in total. The molecule has 0 rings (SSSR count). The predicted octanol–water partition coefficient (Wildman–Crippen LogP) is 2.08. The number of hydrogen-bond acceptors (Lipinski definition) is 3. The number of unbranched alkanes of at least 4 members (excludes halogenated alkanes) is 1. The third-order valence-electron chi connectivity index (χ3n) is 2.60. The smallest absolute Gasteiger partial charge is 0.254 e. The van der Waals surface area contributed by atoms with Crippen LogP contribution >= 0.6 is 0 Å². The van der Waals surface area contributed by atoms with E-state index in [4.69, 9.17) is 0 Å². The first-order chi connectivity index (χ1) is 7.71. The summed E-state index contributed by atoms with van der Waals surface area (Å²) in [6.07, 6.45) is 4.16. The summed E-state index contributed by atoms with van der Waals surface area (Å²) in [6, 6.07) is 0. The minimum Gasteiger partial charge on any atom is -0.272 e. The van der Waals surface area contributed by atoms with Gasteiger partial charge in [0.25, 0.3) is 5.91 Å². The van der Waals surface area contributed by atoms with Crippen LogP contribution in [0.1, 0.15) is 53.4 Å². The van der Waals surface area contributed by atoms with E-state index in [-0.39, 0.29) is 11.8 Å². The molecule has 0 aliphatic carbocycles. The number of hydrogen-bond donors (Lipinski definition) is 2. The van der Waals surface area contributed by atoms with Crippen LogP contribution in [0.5, 0.6) is 0 Å². The van der Waals surface area contributed by atoms with E-state index in [1.807, 2.05) is 13.8 Å². The maximum absolute atomic E-state index is 12.2. The van der Waals surface area contributed by atoms with Gasteiger partial charge in [-0.25, -0.2) is 16.0 Å². The lowest BCUT2D eigenvalue weighted by atomic mass is 9.99. The number of nitrogens with zero attached hydrogens (tertiary/aromatic N) is 1. The van der Waals surface area contributed by atoms with Crippen molar-refractivity contribution in [3.63, 3.8) is 0 Å². The van der Waals surface area contributed by atoms with E-state index in [0.717, 1.165) is 38.8 Å². The van der Waals surface area contributed by atoms with Gasteiger partial charge in [-0.05, 0) is 12.8 Å². The number of carbonyl (C=O) groups is 1. The van der Waals surface area contributed by atoms with E-state index in [2.05, 4.69) is 24.7 Å². The summed E-state index contributed by atoms with van der Waals surface area (Å²) >= 11 is 0. The van der Waals surface area contributed by atoms with E-state index in [1.54, 1.807) is 5.12 Å². The van der Waals surface area contributed by atoms with E-state index < -0.39 is 0 Å². The Morgan fingerprint density at radius 1 is 1.12 bits per heavy atom. The van der Waals surface area contributed by atoms with Crippen LogP contribution in [0.25, 0.3) is 0 Å². The molecule has 0 aliphatic rings. The molecule has 4 nitrogen and oxygen atoms in total. The van der Waals surface area contributed by atoms with Crippen LogP contribution in [-0.4, -0.2) is 24.1 Å². The Hall–Kier alpha value is -0.610. The van der Waals surface area contributed by atoms with Crippen molar-refractivity contribution in [2.75, 3.05) is 13.1 Å². The van der Waals surface area contributed by atoms with Gasteiger partial charge in [-0.1, -0.05) is 40.5 Å². The summed E-state index contributed by atoms with van der Waals surface area (Å²) < 4.78 is 0. The SMILES string of the molecule is CCCCC(CC)C(=O)N(NCC)NCC. The van der Waals surface area contributed by atoms with Crippen LogP contribution in [0.15, 0.2) is 0 Å². The van der Waals surface area contributed by atoms with Crippen molar-refractivity contribution in [1.82, 2.24) is 16.0 Å². The number of amides is 1. The molecule has 0 fully saturated rings. The van der Waals surface area contributed by atoms with Crippen molar-refractivity contribution in [2.24, 2.45) is 5.92 Å². The topological polar surface area (TPSA) is 44.4 Å². The summed E-state index contributed by atoms with van der Waals surface area (Å²) in [5.41, 5.74) is 6.09. The lowest BCUT2D eigenvalue weighted by Crippen LogP contribution is -2.53. The third-order valence-corrected chi connectivity index (χ3v) is 2.60. The average Bonchev–Trinajstić information content (AvgIpc) is 2.29. The molecule has 0 aromatic heterocycles. The second-order valence-corrected chi connectivity index (χ2v) is 3.94. The van der Waals surface area contributed by atoms with Crippen LogP contribution in [0.3, 0.4) is 0 Å². The first kappa shape index (κ1) is 15.4. The standard InChI is InChI=1S/C12H27N3O/c1-5-9-10-11(6-2)12(16)15(13-7-3)14-8-4/h11,13-14H,5-10H2,1-4H3. The zero-order valence-corrected chi connectivity index (χ0v) is 11.2. The highest BCUT2D eigenvalue weighted by Crippen LogP contribution is 2.14. The molecule has 4 heteroatoms. The molecule has 1 unspecified atom stereocenters. The molecule has 0 aromatic rings. The third kappa shape index (κ3) is 5.47. The van der Waals surface area contributed by atoms with Crippen molar-refractivity contribution in [3.05, 3.63) is 0 Å². The van der Waals surface area contributed by atoms with E-state index in [0.29, 0.717) is 0 Å². The normalized spacial score (nSPS) is 12.5. The molecule has 16 heavy (non-hydrogen) atoms. The fourth-order valence-electron chi connectivity index (χ4n) is 1.66. The van der Waals surface area contributed by atoms with E-state index in [9.17, 15) is 4.79 Å². The summed E-state index contributed by atoms with van der Waals surface area (Å²) in [5.74, 6) is 0.303. The summed E-state index contributed by atoms with van der Waals surface area (Å²) in [4.78, 5) is 12.2. The Morgan fingerprint density at radius 2 is 1.69 bits per heavy atom. The highest BCUT2D eigenvalue weighted by atomic mass is 16.2. The van der Waals surface area contributed by atoms with E-state index >= 15 is 0 Å². The highest BCUT2D eigenvalue weighted by molar-refractivity contribution is 5.77. The first-order valence-corrected chi connectivity index (χ1v) is 6.52. The van der Waals surface area contributed by atoms with Gasteiger partial charge in [0, 0.05) is 19.0 Å². The molecule has 0 heterocycles. The van der Waals surface area contributed by atoms with Crippen LogP contribution in [0.4, 0.5) is 0 Å². The van der Waals surface area contributed by atoms with Gasteiger partial charge in [0.05, 0.1) is 0 Å². The molecule has 0 aromatic carbocycles. The Morgan fingerprint density at radius 3 is 2.06 bits per heavy atom. The van der Waals surface area contributed by atoms with Crippen molar-refractivity contribution >= 4 is 5.91 Å². The molecule has 0 bridgehead atoms. The van der Waals surface area contributed by atoms with Crippen molar-refractivity contribution in [3.8, 4) is 0 Å². The molecular formula is C12H27N3O. The Bertz CT molecular complexity index is 179. The lowest BCUT2D eigenvalue weighted by Gasteiger charge is -2.26. The summed E-state index contributed by atoms with van der Waals surface area (Å²) in [7, 11) is 0. The molecule has 0 saturated heterocycles. The second-order valence-electron chi connectivity index (χ2n) is 3.94. The van der Waals surface area contributed by atoms with Gasteiger partial charge in [-0.15, -0.1) is 0 Å². The van der Waals surface area contributed by atoms with Crippen LogP contribution in [-0.2, 0) is 4.79 Å². The van der Waals surface area contributed by atoms with Gasteiger partial charge in [0.2, 0.25) is 0 Å². The highest BCUT2D eigenvalue weighted by Gasteiger charge is 2.21. The minimum absolute atomic E-state index is 0.137. The second kappa shape index (κ2) is 9.60. The molecule has 0 saturated carbocycles. The van der Waals surface area contributed by atoms with Gasteiger partial charge in [-0.2, -0.15) is 0 Å². The minimum atomic E-state index is 0.137. The molecular weight excluding hydrogens is 202 g/mol. The maximum Gasteiger partial charge on any atom is 0.254 e. The van der Waals surface area contributed by atoms with Crippen molar-refractivity contribution in [1.29, 1.82) is 0 Å². The summed E-state index contributed by atoms with van der Waals surface area (Å²) in [5, 5.41) is 1.56. The van der Waals surface area contributed by atoms with Crippen molar-refractivity contribution in [2.45, 2.75) is 53.4 Å². The average molecular weight is 229 g/mol. The largest absolute Gasteiger partial charge is 0.272 e. The lowest BCUT2D eigenvalue weighted by molar-refractivity contribution is -0.143. The Labute approximate surface area is 99.7 Å². The van der Waals surface area contributed by atoms with Gasteiger partial charge in [0.1, 0.15) is 0 Å². The number of hydrazine groups is 2. The van der Waals surface area contributed by atoms with E-state index in [1.165, 1.54) is 0 Å². The molecule has 96 valence electrons. The first-order valence-electron chi connectivity index (χ1n) is 6.52. The predicted molar refractivity (Wildman–Crippen MR) is 67.5 cm³/mol. The van der Waals surface area contributed by atoms with Crippen molar-refractivity contribution < 1.29 is 4.79 Å². The molecule has 0 radical (unpaired) electrons. The molecule has 0 spiro atoms. The van der Waals surface area contributed by atoms with Crippen LogP contribution < -0.4 is 10.9 Å². The quantitative estimate of drug-likeness (QED) is 0.595.